The standard InChI is InChI=1S/C13H12ClN3O3/c14-12-6-5-11(17(19)20)13(16-12)15-7-9-1-3-10(8-18)4-2-9/h1-6,18H,7-8H2,(H,15,16). The Kier molecular flexibility index (Phi) is 4.49. The molecule has 0 radical (unpaired) electrons. The summed E-state index contributed by atoms with van der Waals surface area (Å²) in [5, 5.41) is 22.9. The molecule has 0 aliphatic rings. The molecule has 6 nitrogen and oxygen atoms in total. The van der Waals surface area contributed by atoms with Gasteiger partial charge in [0.1, 0.15) is 5.15 Å². The molecule has 0 aliphatic heterocycles. The first kappa shape index (κ1) is 14.2. The molecule has 0 aliphatic carbocycles. The SMILES string of the molecule is O=[N+]([O-])c1ccc(Cl)nc1NCc1ccc(CO)cc1. The molecule has 0 amide bonds. The van der Waals surface area contributed by atoms with Gasteiger partial charge in [-0.2, -0.15) is 0 Å². The summed E-state index contributed by atoms with van der Waals surface area (Å²) in [7, 11) is 0. The van der Waals surface area contributed by atoms with Crippen LogP contribution in [0.2, 0.25) is 5.15 Å². The van der Waals surface area contributed by atoms with E-state index in [9.17, 15) is 10.1 Å². The maximum atomic E-state index is 10.9. The molecular weight excluding hydrogens is 282 g/mol. The van der Waals surface area contributed by atoms with E-state index >= 15 is 0 Å². The molecule has 2 N–H and O–H groups in total. The van der Waals surface area contributed by atoms with E-state index < -0.39 is 4.92 Å². The third-order valence-electron chi connectivity index (χ3n) is 2.70. The minimum absolute atomic E-state index is 0.0188. The molecule has 1 heterocycles. The Bertz CT molecular complexity index is 617. The minimum Gasteiger partial charge on any atom is -0.392 e. The smallest absolute Gasteiger partial charge is 0.311 e. The third-order valence-corrected chi connectivity index (χ3v) is 2.91. The molecule has 0 saturated heterocycles. The summed E-state index contributed by atoms with van der Waals surface area (Å²) in [5.41, 5.74) is 1.60. The van der Waals surface area contributed by atoms with Crippen LogP contribution in [0, 0.1) is 10.1 Å². The molecule has 0 fully saturated rings. The van der Waals surface area contributed by atoms with E-state index in [1.807, 2.05) is 12.1 Å². The largest absolute Gasteiger partial charge is 0.392 e. The molecule has 0 spiro atoms. The fourth-order valence-corrected chi connectivity index (χ4v) is 1.80. The van der Waals surface area contributed by atoms with Gasteiger partial charge in [0.2, 0.25) is 5.82 Å². The van der Waals surface area contributed by atoms with Gasteiger partial charge < -0.3 is 10.4 Å². The van der Waals surface area contributed by atoms with Crippen LogP contribution in [-0.2, 0) is 13.2 Å². The van der Waals surface area contributed by atoms with Crippen molar-refractivity contribution < 1.29 is 10.0 Å². The number of nitrogens with one attached hydrogen (secondary N) is 1. The first-order valence-electron chi connectivity index (χ1n) is 5.83. The van der Waals surface area contributed by atoms with Gasteiger partial charge in [-0.3, -0.25) is 10.1 Å². The number of hydrogen-bond donors (Lipinski definition) is 2. The Morgan fingerprint density at radius 3 is 2.45 bits per heavy atom. The topological polar surface area (TPSA) is 88.3 Å². The van der Waals surface area contributed by atoms with Gasteiger partial charge in [0, 0.05) is 12.6 Å². The summed E-state index contributed by atoms with van der Waals surface area (Å²) in [4.78, 5) is 14.3. The number of aliphatic hydroxyl groups is 1. The lowest BCUT2D eigenvalue weighted by Gasteiger charge is -2.07. The van der Waals surface area contributed by atoms with E-state index in [0.717, 1.165) is 11.1 Å². The van der Waals surface area contributed by atoms with E-state index in [4.69, 9.17) is 16.7 Å². The predicted octanol–water partition coefficient (Wildman–Crippen LogP) is 2.75. The Balaban J connectivity index is 2.13. The van der Waals surface area contributed by atoms with Crippen LogP contribution in [0.3, 0.4) is 0 Å². The molecule has 0 saturated carbocycles. The van der Waals surface area contributed by atoms with Crippen LogP contribution in [0.5, 0.6) is 0 Å². The molecule has 0 atom stereocenters. The van der Waals surface area contributed by atoms with Crippen molar-refractivity contribution in [2.45, 2.75) is 13.2 Å². The highest BCUT2D eigenvalue weighted by atomic mass is 35.5. The monoisotopic (exact) mass is 293 g/mol. The van der Waals surface area contributed by atoms with Gasteiger partial charge in [-0.1, -0.05) is 35.9 Å². The fourth-order valence-electron chi connectivity index (χ4n) is 1.65. The second-order valence-electron chi connectivity index (χ2n) is 4.09. The maximum Gasteiger partial charge on any atom is 0.311 e. The molecule has 1 aromatic heterocycles. The Morgan fingerprint density at radius 1 is 1.20 bits per heavy atom. The first-order chi connectivity index (χ1) is 9.60. The summed E-state index contributed by atoms with van der Waals surface area (Å²) in [6, 6.07) is 9.92. The summed E-state index contributed by atoms with van der Waals surface area (Å²) >= 11 is 5.74. The van der Waals surface area contributed by atoms with Crippen LogP contribution in [0.4, 0.5) is 11.5 Å². The number of anilines is 1. The van der Waals surface area contributed by atoms with Crippen molar-refractivity contribution in [3.63, 3.8) is 0 Å². The van der Waals surface area contributed by atoms with Crippen molar-refractivity contribution in [1.29, 1.82) is 0 Å². The van der Waals surface area contributed by atoms with Crippen molar-refractivity contribution in [3.8, 4) is 0 Å². The number of benzene rings is 1. The second kappa shape index (κ2) is 6.31. The van der Waals surface area contributed by atoms with Crippen LogP contribution < -0.4 is 5.32 Å². The van der Waals surface area contributed by atoms with Gasteiger partial charge in [0.05, 0.1) is 11.5 Å². The third kappa shape index (κ3) is 3.43. The van der Waals surface area contributed by atoms with Gasteiger partial charge >= 0.3 is 5.69 Å². The van der Waals surface area contributed by atoms with Crippen molar-refractivity contribution in [2.75, 3.05) is 5.32 Å². The minimum atomic E-state index is -0.513. The molecule has 1 aromatic carbocycles. The number of pyridine rings is 1. The zero-order valence-electron chi connectivity index (χ0n) is 10.4. The maximum absolute atomic E-state index is 10.9. The number of halogens is 1. The number of nitrogens with zero attached hydrogens (tertiary/aromatic N) is 2. The zero-order valence-corrected chi connectivity index (χ0v) is 11.2. The quantitative estimate of drug-likeness (QED) is 0.503. The van der Waals surface area contributed by atoms with E-state index in [0.29, 0.717) is 6.54 Å². The van der Waals surface area contributed by atoms with Crippen LogP contribution in [0.15, 0.2) is 36.4 Å². The molecule has 104 valence electrons. The normalized spacial score (nSPS) is 10.3. The number of rotatable bonds is 5. The van der Waals surface area contributed by atoms with Gasteiger partial charge in [-0.15, -0.1) is 0 Å². The number of aromatic nitrogens is 1. The Morgan fingerprint density at radius 2 is 1.85 bits per heavy atom. The second-order valence-corrected chi connectivity index (χ2v) is 4.47. The molecular formula is C13H12ClN3O3. The summed E-state index contributed by atoms with van der Waals surface area (Å²) in [6.45, 7) is 0.356. The van der Waals surface area contributed by atoms with Crippen molar-refractivity contribution in [2.24, 2.45) is 0 Å². The first-order valence-corrected chi connectivity index (χ1v) is 6.21. The highest BCUT2D eigenvalue weighted by Crippen LogP contribution is 2.24. The van der Waals surface area contributed by atoms with Crippen molar-refractivity contribution in [3.05, 3.63) is 62.8 Å². The molecule has 7 heteroatoms. The van der Waals surface area contributed by atoms with Crippen LogP contribution >= 0.6 is 11.6 Å². The number of aliphatic hydroxyl groups excluding tert-OH is 1. The molecule has 0 unspecified atom stereocenters. The molecule has 20 heavy (non-hydrogen) atoms. The predicted molar refractivity (Wildman–Crippen MR) is 75.6 cm³/mol. The van der Waals surface area contributed by atoms with Gasteiger partial charge in [-0.25, -0.2) is 4.98 Å². The molecule has 2 aromatic rings. The lowest BCUT2D eigenvalue weighted by molar-refractivity contribution is -0.384. The number of hydrogen-bond acceptors (Lipinski definition) is 5. The van der Waals surface area contributed by atoms with E-state index in [1.165, 1.54) is 12.1 Å². The fraction of sp³-hybridized carbons (Fsp3) is 0.154. The zero-order chi connectivity index (χ0) is 14.5. The average Bonchev–Trinajstić information content (AvgIpc) is 2.45. The van der Waals surface area contributed by atoms with E-state index in [1.54, 1.807) is 12.1 Å². The van der Waals surface area contributed by atoms with Crippen molar-refractivity contribution in [1.82, 2.24) is 4.98 Å². The summed E-state index contributed by atoms with van der Waals surface area (Å²) < 4.78 is 0. The highest BCUT2D eigenvalue weighted by Gasteiger charge is 2.15. The van der Waals surface area contributed by atoms with Gasteiger partial charge in [0.15, 0.2) is 0 Å². The van der Waals surface area contributed by atoms with Crippen LogP contribution in [0.1, 0.15) is 11.1 Å². The molecule has 2 rings (SSSR count). The summed E-state index contributed by atoms with van der Waals surface area (Å²) in [5.74, 6) is 0.133. The molecule has 0 bridgehead atoms. The highest BCUT2D eigenvalue weighted by molar-refractivity contribution is 6.29. The van der Waals surface area contributed by atoms with E-state index in [-0.39, 0.29) is 23.3 Å². The average molecular weight is 294 g/mol. The Hall–Kier alpha value is -2.18. The van der Waals surface area contributed by atoms with Gasteiger partial charge in [-0.05, 0) is 17.2 Å². The van der Waals surface area contributed by atoms with Crippen LogP contribution in [0.25, 0.3) is 0 Å². The van der Waals surface area contributed by atoms with Crippen LogP contribution in [-0.4, -0.2) is 15.0 Å². The van der Waals surface area contributed by atoms with Crippen molar-refractivity contribution >= 4 is 23.1 Å². The number of nitro groups is 1. The van der Waals surface area contributed by atoms with Gasteiger partial charge in [0.25, 0.3) is 0 Å². The lowest BCUT2D eigenvalue weighted by Crippen LogP contribution is -2.05. The Labute approximate surface area is 120 Å². The lowest BCUT2D eigenvalue weighted by atomic mass is 10.1. The summed E-state index contributed by atoms with van der Waals surface area (Å²) in [6.07, 6.45) is 0. The van der Waals surface area contributed by atoms with E-state index in [2.05, 4.69) is 10.3 Å².